The Morgan fingerprint density at radius 1 is 1.24 bits per heavy atom. The molecule has 0 saturated heterocycles. The third-order valence-corrected chi connectivity index (χ3v) is 2.64. The van der Waals surface area contributed by atoms with E-state index in [1.165, 1.54) is 0 Å². The van der Waals surface area contributed by atoms with Gasteiger partial charge in [0.05, 0.1) is 26.3 Å². The van der Waals surface area contributed by atoms with Gasteiger partial charge in [0.1, 0.15) is 11.5 Å². The highest BCUT2D eigenvalue weighted by molar-refractivity contribution is 6.02. The Morgan fingerprint density at radius 3 is 2.29 bits per heavy atom. The first-order chi connectivity index (χ1) is 8.19. The quantitative estimate of drug-likeness (QED) is 0.764. The number of ether oxygens (including phenoxy) is 2. The summed E-state index contributed by atoms with van der Waals surface area (Å²) in [4.78, 5) is 12.1. The molecule has 4 nitrogen and oxygen atoms in total. The maximum Gasteiger partial charge on any atom is 0.180 e. The van der Waals surface area contributed by atoms with E-state index < -0.39 is 0 Å². The second-order valence-corrected chi connectivity index (χ2v) is 3.63. The van der Waals surface area contributed by atoms with Gasteiger partial charge in [-0.3, -0.25) is 4.79 Å². The summed E-state index contributed by atoms with van der Waals surface area (Å²) < 4.78 is 10.5. The zero-order valence-electron chi connectivity index (χ0n) is 10.8. The molecule has 0 radical (unpaired) electrons. The van der Waals surface area contributed by atoms with Crippen molar-refractivity contribution in [3.63, 3.8) is 0 Å². The summed E-state index contributed by atoms with van der Waals surface area (Å²) in [6.07, 6.45) is 0.727. The number of benzene rings is 1. The molecule has 0 aliphatic carbocycles. The van der Waals surface area contributed by atoms with Crippen LogP contribution in [0.5, 0.6) is 11.5 Å². The van der Waals surface area contributed by atoms with Crippen molar-refractivity contribution in [2.75, 3.05) is 27.8 Å². The van der Waals surface area contributed by atoms with Gasteiger partial charge in [-0.2, -0.15) is 0 Å². The largest absolute Gasteiger partial charge is 0.496 e. The van der Waals surface area contributed by atoms with Crippen LogP contribution in [0.15, 0.2) is 12.1 Å². The molecular formula is C13H19NO3. The topological polar surface area (TPSA) is 47.6 Å². The molecule has 0 amide bonds. The molecule has 1 rings (SSSR count). The Morgan fingerprint density at radius 2 is 1.82 bits per heavy atom. The SMILES string of the molecule is CCc1c(OC)ccc(OC)c1C(=O)CNC. The van der Waals surface area contributed by atoms with E-state index in [1.807, 2.05) is 13.0 Å². The molecule has 1 aromatic rings. The molecule has 0 bridgehead atoms. The average molecular weight is 237 g/mol. The van der Waals surface area contributed by atoms with Crippen molar-refractivity contribution in [2.24, 2.45) is 0 Å². The molecule has 0 aliphatic heterocycles. The Labute approximate surface area is 102 Å². The van der Waals surface area contributed by atoms with Gasteiger partial charge in [0.2, 0.25) is 0 Å². The smallest absolute Gasteiger partial charge is 0.180 e. The lowest BCUT2D eigenvalue weighted by atomic mass is 9.99. The highest BCUT2D eigenvalue weighted by Crippen LogP contribution is 2.31. The summed E-state index contributed by atoms with van der Waals surface area (Å²) in [5.41, 5.74) is 1.51. The number of Topliss-reactive ketones (excluding diaryl/α,β-unsaturated/α-hetero) is 1. The zero-order valence-corrected chi connectivity index (χ0v) is 10.8. The molecule has 94 valence electrons. The van der Waals surface area contributed by atoms with Gasteiger partial charge < -0.3 is 14.8 Å². The molecule has 0 unspecified atom stereocenters. The molecule has 0 atom stereocenters. The molecule has 0 aliphatic rings. The normalized spacial score (nSPS) is 10.1. The van der Waals surface area contributed by atoms with E-state index in [0.717, 1.165) is 17.7 Å². The molecule has 0 heterocycles. The second kappa shape index (κ2) is 6.25. The Bertz CT molecular complexity index is 402. The molecule has 17 heavy (non-hydrogen) atoms. The van der Waals surface area contributed by atoms with E-state index in [9.17, 15) is 4.79 Å². The van der Waals surface area contributed by atoms with E-state index in [2.05, 4.69) is 5.32 Å². The zero-order chi connectivity index (χ0) is 12.8. The standard InChI is InChI=1S/C13H19NO3/c1-5-9-11(16-3)6-7-12(17-4)13(9)10(15)8-14-2/h6-7,14H,5,8H2,1-4H3. The molecule has 0 spiro atoms. The predicted octanol–water partition coefficient (Wildman–Crippen LogP) is 1.67. The van der Waals surface area contributed by atoms with E-state index >= 15 is 0 Å². The Hall–Kier alpha value is -1.55. The third-order valence-electron chi connectivity index (χ3n) is 2.64. The summed E-state index contributed by atoms with van der Waals surface area (Å²) in [6, 6.07) is 3.59. The summed E-state index contributed by atoms with van der Waals surface area (Å²) in [7, 11) is 4.92. The van der Waals surface area contributed by atoms with Crippen LogP contribution in [-0.4, -0.2) is 33.6 Å². The van der Waals surface area contributed by atoms with Crippen LogP contribution in [0.4, 0.5) is 0 Å². The molecular weight excluding hydrogens is 218 g/mol. The van der Waals surface area contributed by atoms with Gasteiger partial charge in [-0.25, -0.2) is 0 Å². The van der Waals surface area contributed by atoms with Crippen LogP contribution < -0.4 is 14.8 Å². The molecule has 1 aromatic carbocycles. The molecule has 0 fully saturated rings. The number of hydrogen-bond acceptors (Lipinski definition) is 4. The van der Waals surface area contributed by atoms with Crippen LogP contribution in [0.3, 0.4) is 0 Å². The van der Waals surface area contributed by atoms with Gasteiger partial charge in [-0.15, -0.1) is 0 Å². The minimum atomic E-state index is 0.0140. The molecule has 0 aromatic heterocycles. The number of likely N-dealkylation sites (N-methyl/N-ethyl adjacent to an activating group) is 1. The molecule has 4 heteroatoms. The van der Waals surface area contributed by atoms with E-state index in [4.69, 9.17) is 9.47 Å². The van der Waals surface area contributed by atoms with Crippen molar-refractivity contribution < 1.29 is 14.3 Å². The van der Waals surface area contributed by atoms with Gasteiger partial charge in [0.25, 0.3) is 0 Å². The maximum absolute atomic E-state index is 12.1. The van der Waals surface area contributed by atoms with E-state index in [-0.39, 0.29) is 12.3 Å². The van der Waals surface area contributed by atoms with E-state index in [1.54, 1.807) is 27.3 Å². The fourth-order valence-electron chi connectivity index (χ4n) is 1.87. The fraction of sp³-hybridized carbons (Fsp3) is 0.462. The van der Waals surface area contributed by atoms with Crippen LogP contribution in [0.2, 0.25) is 0 Å². The van der Waals surface area contributed by atoms with E-state index in [0.29, 0.717) is 11.3 Å². The predicted molar refractivity (Wildman–Crippen MR) is 67.2 cm³/mol. The van der Waals surface area contributed by atoms with Gasteiger partial charge in [-0.05, 0) is 25.6 Å². The van der Waals surface area contributed by atoms with Crippen LogP contribution in [0, 0.1) is 0 Å². The monoisotopic (exact) mass is 237 g/mol. The first kappa shape index (κ1) is 13.5. The highest BCUT2D eigenvalue weighted by atomic mass is 16.5. The Balaban J connectivity index is 3.34. The third kappa shape index (κ3) is 2.77. The van der Waals surface area contributed by atoms with Gasteiger partial charge >= 0.3 is 0 Å². The van der Waals surface area contributed by atoms with Gasteiger partial charge in [0, 0.05) is 5.56 Å². The summed E-state index contributed by atoms with van der Waals surface area (Å²) >= 11 is 0. The van der Waals surface area contributed by atoms with Crippen molar-refractivity contribution in [1.82, 2.24) is 5.32 Å². The lowest BCUT2D eigenvalue weighted by Crippen LogP contribution is -2.20. The minimum absolute atomic E-state index is 0.0140. The average Bonchev–Trinajstić information content (AvgIpc) is 2.36. The number of methoxy groups -OCH3 is 2. The number of carbonyl (C=O) groups is 1. The highest BCUT2D eigenvalue weighted by Gasteiger charge is 2.19. The summed E-state index contributed by atoms with van der Waals surface area (Å²) in [6.45, 7) is 2.28. The van der Waals surface area contributed by atoms with Crippen molar-refractivity contribution in [1.29, 1.82) is 0 Å². The summed E-state index contributed by atoms with van der Waals surface area (Å²) in [5.74, 6) is 1.34. The van der Waals surface area contributed by atoms with Crippen LogP contribution >= 0.6 is 0 Å². The minimum Gasteiger partial charge on any atom is -0.496 e. The first-order valence-electron chi connectivity index (χ1n) is 5.61. The summed E-state index contributed by atoms with van der Waals surface area (Å²) in [5, 5.41) is 2.86. The van der Waals surface area contributed by atoms with Crippen LogP contribution in [0.25, 0.3) is 0 Å². The van der Waals surface area contributed by atoms with Crippen LogP contribution in [-0.2, 0) is 6.42 Å². The van der Waals surface area contributed by atoms with Crippen molar-refractivity contribution in [3.05, 3.63) is 23.3 Å². The fourth-order valence-corrected chi connectivity index (χ4v) is 1.87. The first-order valence-corrected chi connectivity index (χ1v) is 5.61. The Kier molecular flexibility index (Phi) is 4.97. The van der Waals surface area contributed by atoms with Crippen molar-refractivity contribution in [3.8, 4) is 11.5 Å². The number of hydrogen-bond donors (Lipinski definition) is 1. The van der Waals surface area contributed by atoms with Crippen molar-refractivity contribution >= 4 is 5.78 Å². The second-order valence-electron chi connectivity index (χ2n) is 3.63. The number of nitrogens with one attached hydrogen (secondary N) is 1. The number of carbonyl (C=O) groups excluding carboxylic acids is 1. The lowest BCUT2D eigenvalue weighted by molar-refractivity contribution is 0.0989. The molecule has 1 N–H and O–H groups in total. The van der Waals surface area contributed by atoms with Crippen molar-refractivity contribution in [2.45, 2.75) is 13.3 Å². The molecule has 0 saturated carbocycles. The number of ketones is 1. The maximum atomic E-state index is 12.1. The van der Waals surface area contributed by atoms with Gasteiger partial charge in [-0.1, -0.05) is 6.92 Å². The lowest BCUT2D eigenvalue weighted by Gasteiger charge is -2.15. The van der Waals surface area contributed by atoms with Crippen LogP contribution in [0.1, 0.15) is 22.8 Å². The number of rotatable bonds is 6. The van der Waals surface area contributed by atoms with Gasteiger partial charge in [0.15, 0.2) is 5.78 Å².